The molecule has 9 heteroatoms. The minimum atomic E-state index is -0.520. The topological polar surface area (TPSA) is 102 Å². The van der Waals surface area contributed by atoms with Gasteiger partial charge in [-0.1, -0.05) is 35.9 Å². The first kappa shape index (κ1) is 15.6. The Morgan fingerprint density at radius 2 is 1.54 bits per heavy atom. The van der Waals surface area contributed by atoms with E-state index in [1.165, 1.54) is 11.0 Å². The Hall–Kier alpha value is -3.26. The fourth-order valence-corrected chi connectivity index (χ4v) is 2.25. The van der Waals surface area contributed by atoms with Crippen LogP contribution in [0.15, 0.2) is 54.9 Å². The van der Waals surface area contributed by atoms with Crippen LogP contribution in [0.4, 0.5) is 0 Å². The predicted octanol–water partition coefficient (Wildman–Crippen LogP) is 1.39. The molecule has 0 aliphatic carbocycles. The second-order valence-electron chi connectivity index (χ2n) is 4.66. The maximum Gasteiger partial charge on any atom is 0.271 e. The number of hydrogen-bond acceptors (Lipinski definition) is 5. The number of para-hydroxylation sites is 1. The highest BCUT2D eigenvalue weighted by molar-refractivity contribution is 6.33. The molecule has 0 fully saturated rings. The van der Waals surface area contributed by atoms with Gasteiger partial charge in [0.05, 0.1) is 21.8 Å². The van der Waals surface area contributed by atoms with E-state index in [1.807, 2.05) is 0 Å². The molecular weight excluding hydrogens is 332 g/mol. The number of benzene rings is 2. The zero-order valence-electron chi connectivity index (χ0n) is 12.2. The van der Waals surface area contributed by atoms with Crippen molar-refractivity contribution in [2.24, 2.45) is 0 Å². The van der Waals surface area contributed by atoms with Crippen molar-refractivity contribution in [3.8, 4) is 5.69 Å². The number of hydrogen-bond donors (Lipinski definition) is 2. The second kappa shape index (κ2) is 6.88. The van der Waals surface area contributed by atoms with Crippen molar-refractivity contribution in [1.29, 1.82) is 0 Å². The molecule has 0 spiro atoms. The summed E-state index contributed by atoms with van der Waals surface area (Å²) in [6.45, 7) is 0. The van der Waals surface area contributed by atoms with Crippen molar-refractivity contribution in [3.63, 3.8) is 0 Å². The van der Waals surface area contributed by atoms with E-state index < -0.39 is 11.8 Å². The molecule has 3 aromatic rings. The van der Waals surface area contributed by atoms with E-state index in [1.54, 1.807) is 48.5 Å². The van der Waals surface area contributed by atoms with E-state index in [4.69, 9.17) is 11.6 Å². The summed E-state index contributed by atoms with van der Waals surface area (Å²) in [6, 6.07) is 13.2. The Kier molecular flexibility index (Phi) is 4.48. The van der Waals surface area contributed by atoms with Gasteiger partial charge in [0.25, 0.3) is 11.8 Å². The van der Waals surface area contributed by atoms with Crippen LogP contribution >= 0.6 is 11.6 Å². The number of carbonyl (C=O) groups is 2. The number of carbonyl (C=O) groups excluding carboxylic acids is 2. The van der Waals surface area contributed by atoms with Gasteiger partial charge in [-0.3, -0.25) is 20.4 Å². The summed E-state index contributed by atoms with van der Waals surface area (Å²) < 4.78 is 1.35. The number of halogens is 1. The Morgan fingerprint density at radius 3 is 2.21 bits per heavy atom. The number of tetrazole rings is 1. The highest BCUT2D eigenvalue weighted by Gasteiger charge is 2.15. The summed E-state index contributed by atoms with van der Waals surface area (Å²) in [6.07, 6.45) is 1.37. The molecule has 24 heavy (non-hydrogen) atoms. The number of nitrogens with one attached hydrogen (secondary N) is 2. The fourth-order valence-electron chi connectivity index (χ4n) is 2.03. The third kappa shape index (κ3) is 3.23. The maximum absolute atomic E-state index is 12.3. The molecule has 0 unspecified atom stereocenters. The van der Waals surface area contributed by atoms with Crippen LogP contribution < -0.4 is 10.9 Å². The lowest BCUT2D eigenvalue weighted by Crippen LogP contribution is -2.42. The van der Waals surface area contributed by atoms with Crippen LogP contribution in [0.1, 0.15) is 20.7 Å². The summed E-state index contributed by atoms with van der Waals surface area (Å²) >= 11 is 5.95. The molecule has 8 nitrogen and oxygen atoms in total. The van der Waals surface area contributed by atoms with Crippen LogP contribution in [0.2, 0.25) is 5.02 Å². The van der Waals surface area contributed by atoms with Crippen LogP contribution in [0.25, 0.3) is 5.69 Å². The molecule has 0 atom stereocenters. The zero-order valence-corrected chi connectivity index (χ0v) is 12.9. The molecule has 2 N–H and O–H groups in total. The van der Waals surface area contributed by atoms with Gasteiger partial charge in [0.15, 0.2) is 0 Å². The lowest BCUT2D eigenvalue weighted by molar-refractivity contribution is 0.0846. The van der Waals surface area contributed by atoms with Gasteiger partial charge in [-0.25, -0.2) is 0 Å². The van der Waals surface area contributed by atoms with Gasteiger partial charge in [-0.2, -0.15) is 4.68 Å². The zero-order chi connectivity index (χ0) is 16.9. The van der Waals surface area contributed by atoms with E-state index >= 15 is 0 Å². The van der Waals surface area contributed by atoms with Crippen LogP contribution in [-0.2, 0) is 0 Å². The van der Waals surface area contributed by atoms with Gasteiger partial charge in [0, 0.05) is 0 Å². The van der Waals surface area contributed by atoms with Crippen molar-refractivity contribution in [2.45, 2.75) is 0 Å². The summed E-state index contributed by atoms with van der Waals surface area (Å²) in [7, 11) is 0. The van der Waals surface area contributed by atoms with Gasteiger partial charge in [0.2, 0.25) is 0 Å². The number of amides is 2. The molecule has 3 rings (SSSR count). The lowest BCUT2D eigenvalue weighted by atomic mass is 10.1. The molecular formula is C15H11ClN6O2. The van der Waals surface area contributed by atoms with E-state index in [0.717, 1.165) is 0 Å². The quantitative estimate of drug-likeness (QED) is 0.700. The van der Waals surface area contributed by atoms with Gasteiger partial charge in [-0.05, 0) is 34.7 Å². The molecule has 2 aromatic carbocycles. The van der Waals surface area contributed by atoms with Crippen LogP contribution in [0.3, 0.4) is 0 Å². The van der Waals surface area contributed by atoms with Crippen molar-refractivity contribution >= 4 is 23.4 Å². The average Bonchev–Trinajstić information content (AvgIpc) is 3.14. The minimum absolute atomic E-state index is 0.258. The van der Waals surface area contributed by atoms with Gasteiger partial charge >= 0.3 is 0 Å². The molecule has 2 amide bonds. The third-order valence-corrected chi connectivity index (χ3v) is 3.48. The first-order chi connectivity index (χ1) is 11.7. The Balaban J connectivity index is 1.75. The smallest absolute Gasteiger partial charge is 0.267 e. The number of nitrogens with zero attached hydrogens (tertiary/aromatic N) is 4. The fraction of sp³-hybridized carbons (Fsp3) is 0. The molecule has 120 valence electrons. The first-order valence-electron chi connectivity index (χ1n) is 6.84. The monoisotopic (exact) mass is 342 g/mol. The van der Waals surface area contributed by atoms with E-state index in [9.17, 15) is 9.59 Å². The van der Waals surface area contributed by atoms with Crippen LogP contribution in [0.5, 0.6) is 0 Å². The van der Waals surface area contributed by atoms with Gasteiger partial charge in [-0.15, -0.1) is 5.10 Å². The average molecular weight is 343 g/mol. The van der Waals surface area contributed by atoms with E-state index in [2.05, 4.69) is 26.4 Å². The van der Waals surface area contributed by atoms with E-state index in [0.29, 0.717) is 16.3 Å². The lowest BCUT2D eigenvalue weighted by Gasteiger charge is -2.11. The standard InChI is InChI=1S/C15H11ClN6O2/c16-12-7-3-1-5-10(12)14(23)18-19-15(24)11-6-2-4-8-13(11)22-9-17-20-21-22/h1-9H,(H,18,23)(H,19,24). The number of aromatic nitrogens is 4. The van der Waals surface area contributed by atoms with Crippen molar-refractivity contribution in [3.05, 3.63) is 71.0 Å². The van der Waals surface area contributed by atoms with Crippen LogP contribution in [-0.4, -0.2) is 32.0 Å². The highest BCUT2D eigenvalue weighted by Crippen LogP contribution is 2.15. The number of hydrazine groups is 1. The summed E-state index contributed by atoms with van der Waals surface area (Å²) in [5, 5.41) is 11.1. The maximum atomic E-state index is 12.3. The first-order valence-corrected chi connectivity index (χ1v) is 7.22. The van der Waals surface area contributed by atoms with Gasteiger partial charge in [0.1, 0.15) is 6.33 Å². The van der Waals surface area contributed by atoms with E-state index in [-0.39, 0.29) is 5.56 Å². The Labute approximate surface area is 141 Å². The summed E-state index contributed by atoms with van der Waals surface area (Å²) in [5.41, 5.74) is 5.71. The van der Waals surface area contributed by atoms with Crippen molar-refractivity contribution < 1.29 is 9.59 Å². The molecule has 0 radical (unpaired) electrons. The Morgan fingerprint density at radius 1 is 0.917 bits per heavy atom. The molecule has 0 saturated carbocycles. The molecule has 1 aromatic heterocycles. The van der Waals surface area contributed by atoms with Crippen molar-refractivity contribution in [2.75, 3.05) is 0 Å². The summed E-state index contributed by atoms with van der Waals surface area (Å²) in [4.78, 5) is 24.4. The predicted molar refractivity (Wildman–Crippen MR) is 85.5 cm³/mol. The summed E-state index contributed by atoms with van der Waals surface area (Å²) in [5.74, 6) is -1.03. The molecule has 0 aliphatic heterocycles. The molecule has 0 aliphatic rings. The largest absolute Gasteiger partial charge is 0.271 e. The minimum Gasteiger partial charge on any atom is -0.267 e. The highest BCUT2D eigenvalue weighted by atomic mass is 35.5. The molecule has 0 saturated heterocycles. The SMILES string of the molecule is O=C(NNC(=O)c1ccccc1-n1cnnn1)c1ccccc1Cl. The molecule has 0 bridgehead atoms. The Bertz CT molecular complexity index is 881. The normalized spacial score (nSPS) is 10.2. The third-order valence-electron chi connectivity index (χ3n) is 3.15. The van der Waals surface area contributed by atoms with Crippen molar-refractivity contribution in [1.82, 2.24) is 31.1 Å². The number of rotatable bonds is 3. The van der Waals surface area contributed by atoms with Crippen LogP contribution in [0, 0.1) is 0 Å². The molecule has 1 heterocycles. The van der Waals surface area contributed by atoms with Gasteiger partial charge < -0.3 is 0 Å². The second-order valence-corrected chi connectivity index (χ2v) is 5.07.